The number of benzene rings is 1. The molecule has 0 fully saturated rings. The molecule has 0 saturated carbocycles. The van der Waals surface area contributed by atoms with E-state index in [2.05, 4.69) is 20.5 Å². The summed E-state index contributed by atoms with van der Waals surface area (Å²) in [6, 6.07) is 9.30. The van der Waals surface area contributed by atoms with E-state index in [1.54, 1.807) is 24.3 Å². The number of rotatable bonds is 4. The highest BCUT2D eigenvalue weighted by molar-refractivity contribution is 5.52. The highest BCUT2D eigenvalue weighted by atomic mass is 19.1. The summed E-state index contributed by atoms with van der Waals surface area (Å²) in [5.41, 5.74) is 0.341. The van der Waals surface area contributed by atoms with Gasteiger partial charge >= 0.3 is 0 Å². The predicted molar refractivity (Wildman–Crippen MR) is 73.8 cm³/mol. The molecule has 7 heteroatoms. The summed E-state index contributed by atoms with van der Waals surface area (Å²) in [5.74, 6) is 0.388. The summed E-state index contributed by atoms with van der Waals surface area (Å²) in [7, 11) is 0. The zero-order valence-electron chi connectivity index (χ0n) is 10.8. The lowest BCUT2D eigenvalue weighted by molar-refractivity contribution is 0.517. The summed E-state index contributed by atoms with van der Waals surface area (Å²) in [5, 5.41) is 10.5. The van der Waals surface area contributed by atoms with Gasteiger partial charge in [-0.2, -0.15) is 0 Å². The third-order valence-electron chi connectivity index (χ3n) is 2.77. The second-order valence-electron chi connectivity index (χ2n) is 4.34. The largest absolute Gasteiger partial charge is 0.469 e. The molecular formula is C14H11FN4O2. The minimum Gasteiger partial charge on any atom is -0.469 e. The predicted octanol–water partition coefficient (Wildman–Crippen LogP) is 2.23. The van der Waals surface area contributed by atoms with Gasteiger partial charge < -0.3 is 9.73 Å². The van der Waals surface area contributed by atoms with Crippen molar-refractivity contribution in [3.8, 4) is 0 Å². The molecule has 2 aromatic heterocycles. The molecule has 0 bridgehead atoms. The molecule has 0 spiro atoms. The molecule has 0 unspecified atom stereocenters. The first-order valence-corrected chi connectivity index (χ1v) is 6.21. The molecule has 0 radical (unpaired) electrons. The summed E-state index contributed by atoms with van der Waals surface area (Å²) in [4.78, 5) is 14.5. The molecular weight excluding hydrogens is 275 g/mol. The van der Waals surface area contributed by atoms with Crippen LogP contribution in [0.4, 0.5) is 16.0 Å². The van der Waals surface area contributed by atoms with Crippen LogP contribution in [0.5, 0.6) is 0 Å². The van der Waals surface area contributed by atoms with Crippen LogP contribution < -0.4 is 10.9 Å². The van der Waals surface area contributed by atoms with Crippen molar-refractivity contribution in [2.45, 2.75) is 6.42 Å². The van der Waals surface area contributed by atoms with Gasteiger partial charge in [-0.15, -0.1) is 10.2 Å². The van der Waals surface area contributed by atoms with Crippen LogP contribution >= 0.6 is 0 Å². The maximum atomic E-state index is 13.1. The lowest BCUT2D eigenvalue weighted by Crippen LogP contribution is -2.18. The van der Waals surface area contributed by atoms with Crippen molar-refractivity contribution in [3.63, 3.8) is 0 Å². The van der Waals surface area contributed by atoms with Gasteiger partial charge in [-0.05, 0) is 30.3 Å². The Morgan fingerprint density at radius 3 is 2.86 bits per heavy atom. The van der Waals surface area contributed by atoms with Gasteiger partial charge in [0, 0.05) is 5.69 Å². The highest BCUT2D eigenvalue weighted by Gasteiger charge is 2.08. The average molecular weight is 286 g/mol. The van der Waals surface area contributed by atoms with Gasteiger partial charge in [-0.1, -0.05) is 6.07 Å². The van der Waals surface area contributed by atoms with E-state index in [1.807, 2.05) is 0 Å². The molecule has 0 amide bonds. The molecule has 1 aromatic carbocycles. The number of aromatic amines is 1. The van der Waals surface area contributed by atoms with Crippen molar-refractivity contribution in [2.75, 3.05) is 5.32 Å². The molecule has 0 saturated heterocycles. The maximum absolute atomic E-state index is 13.1. The number of H-pyrrole nitrogens is 1. The second-order valence-corrected chi connectivity index (χ2v) is 4.34. The van der Waals surface area contributed by atoms with E-state index in [4.69, 9.17) is 4.42 Å². The number of nitrogens with zero attached hydrogens (tertiary/aromatic N) is 2. The van der Waals surface area contributed by atoms with Crippen molar-refractivity contribution in [1.29, 1.82) is 0 Å². The lowest BCUT2D eigenvalue weighted by atomic mass is 10.2. The third kappa shape index (κ3) is 3.14. The number of hydrogen-bond acceptors (Lipinski definition) is 5. The fraction of sp³-hybridized carbons (Fsp3) is 0.0714. The van der Waals surface area contributed by atoms with Crippen LogP contribution in [0.15, 0.2) is 51.9 Å². The number of anilines is 2. The summed E-state index contributed by atoms with van der Waals surface area (Å²) < 4.78 is 18.2. The van der Waals surface area contributed by atoms with Gasteiger partial charge in [0.25, 0.3) is 5.56 Å². The Hall–Kier alpha value is -2.96. The van der Waals surface area contributed by atoms with Gasteiger partial charge in [-0.3, -0.25) is 9.78 Å². The molecule has 2 N–H and O–H groups in total. The molecule has 0 aliphatic carbocycles. The standard InChI is InChI=1S/C14H11FN4O2/c15-9-3-1-4-10(7-9)16-14-17-13(20)12(18-19-14)8-11-5-2-6-21-11/h1-7H,8H2,(H2,16,17,19,20). The number of halogens is 1. The number of hydrogen-bond donors (Lipinski definition) is 2. The van der Waals surface area contributed by atoms with E-state index < -0.39 is 0 Å². The molecule has 0 atom stereocenters. The van der Waals surface area contributed by atoms with E-state index in [-0.39, 0.29) is 29.4 Å². The van der Waals surface area contributed by atoms with Crippen LogP contribution in [0.2, 0.25) is 0 Å². The van der Waals surface area contributed by atoms with Gasteiger partial charge in [0.05, 0.1) is 12.7 Å². The van der Waals surface area contributed by atoms with Crippen LogP contribution in [0, 0.1) is 5.82 Å². The maximum Gasteiger partial charge on any atom is 0.274 e. The molecule has 21 heavy (non-hydrogen) atoms. The van der Waals surface area contributed by atoms with Gasteiger partial charge in [0.2, 0.25) is 5.95 Å². The van der Waals surface area contributed by atoms with Gasteiger partial charge in [0.15, 0.2) is 0 Å². The number of aromatic nitrogens is 3. The number of furan rings is 1. The SMILES string of the molecule is O=c1[nH]c(Nc2cccc(F)c2)nnc1Cc1ccco1. The molecule has 106 valence electrons. The van der Waals surface area contributed by atoms with E-state index in [0.29, 0.717) is 11.4 Å². The highest BCUT2D eigenvalue weighted by Crippen LogP contribution is 2.12. The Kier molecular flexibility index (Phi) is 3.46. The van der Waals surface area contributed by atoms with Gasteiger partial charge in [0.1, 0.15) is 17.3 Å². The summed E-state index contributed by atoms with van der Waals surface area (Å²) in [6.45, 7) is 0. The monoisotopic (exact) mass is 286 g/mol. The van der Waals surface area contributed by atoms with Crippen molar-refractivity contribution < 1.29 is 8.81 Å². The first-order valence-electron chi connectivity index (χ1n) is 6.21. The summed E-state index contributed by atoms with van der Waals surface area (Å²) >= 11 is 0. The van der Waals surface area contributed by atoms with Crippen molar-refractivity contribution in [3.05, 3.63) is 70.3 Å². The second kappa shape index (κ2) is 5.58. The molecule has 2 heterocycles. The minimum atomic E-state index is -0.384. The van der Waals surface area contributed by atoms with Crippen LogP contribution in [0.1, 0.15) is 11.5 Å². The van der Waals surface area contributed by atoms with E-state index in [9.17, 15) is 9.18 Å². The average Bonchev–Trinajstić information content (AvgIpc) is 2.95. The summed E-state index contributed by atoms with van der Waals surface area (Å²) in [6.07, 6.45) is 1.78. The minimum absolute atomic E-state index is 0.147. The van der Waals surface area contributed by atoms with Crippen molar-refractivity contribution >= 4 is 11.6 Å². The van der Waals surface area contributed by atoms with Gasteiger partial charge in [-0.25, -0.2) is 4.39 Å². The zero-order valence-corrected chi connectivity index (χ0v) is 10.8. The van der Waals surface area contributed by atoms with E-state index in [1.165, 1.54) is 18.4 Å². The van der Waals surface area contributed by atoms with Crippen LogP contribution in [0.3, 0.4) is 0 Å². The lowest BCUT2D eigenvalue weighted by Gasteiger charge is -2.05. The van der Waals surface area contributed by atoms with Crippen molar-refractivity contribution in [2.24, 2.45) is 0 Å². The molecule has 3 rings (SSSR count). The van der Waals surface area contributed by atoms with Crippen LogP contribution in [-0.2, 0) is 6.42 Å². The Balaban J connectivity index is 1.79. The Bertz CT molecular complexity index is 799. The molecule has 0 aliphatic heterocycles. The van der Waals surface area contributed by atoms with Crippen LogP contribution in [0.25, 0.3) is 0 Å². The zero-order chi connectivity index (χ0) is 14.7. The molecule has 3 aromatic rings. The smallest absolute Gasteiger partial charge is 0.274 e. The van der Waals surface area contributed by atoms with Crippen LogP contribution in [-0.4, -0.2) is 15.2 Å². The third-order valence-corrected chi connectivity index (χ3v) is 2.77. The number of nitrogens with one attached hydrogen (secondary N) is 2. The Labute approximate surface area is 118 Å². The topological polar surface area (TPSA) is 83.8 Å². The van der Waals surface area contributed by atoms with Crippen molar-refractivity contribution in [1.82, 2.24) is 15.2 Å². The molecule has 6 nitrogen and oxygen atoms in total. The molecule has 0 aliphatic rings. The Morgan fingerprint density at radius 1 is 1.24 bits per heavy atom. The van der Waals surface area contributed by atoms with E-state index >= 15 is 0 Å². The van der Waals surface area contributed by atoms with E-state index in [0.717, 1.165) is 0 Å². The fourth-order valence-corrected chi connectivity index (χ4v) is 1.81. The Morgan fingerprint density at radius 2 is 2.14 bits per heavy atom. The quantitative estimate of drug-likeness (QED) is 0.768. The fourth-order valence-electron chi connectivity index (χ4n) is 1.81. The normalized spacial score (nSPS) is 10.5. The first-order chi connectivity index (χ1) is 10.2. The first kappa shape index (κ1) is 13.0.